The predicted molar refractivity (Wildman–Crippen MR) is 84.7 cm³/mol. The molecule has 2 aromatic rings. The van der Waals surface area contributed by atoms with Crippen LogP contribution in [-0.4, -0.2) is 23.2 Å². The zero-order valence-electron chi connectivity index (χ0n) is 12.6. The van der Waals surface area contributed by atoms with Crippen LogP contribution in [0, 0.1) is 0 Å². The van der Waals surface area contributed by atoms with E-state index in [1.807, 2.05) is 0 Å². The van der Waals surface area contributed by atoms with Crippen molar-refractivity contribution in [3.63, 3.8) is 0 Å². The van der Waals surface area contributed by atoms with E-state index in [2.05, 4.69) is 20.9 Å². The fraction of sp³-hybridized carbons (Fsp3) is 0.250. The van der Waals surface area contributed by atoms with E-state index < -0.39 is 11.7 Å². The molecule has 0 N–H and O–H groups in total. The minimum Gasteiger partial charge on any atom is -0.493 e. The number of methoxy groups -OCH3 is 1. The summed E-state index contributed by atoms with van der Waals surface area (Å²) in [6.45, 7) is -0.0275. The fourth-order valence-electron chi connectivity index (χ4n) is 1.87. The Hall–Kier alpha value is -2.09. The average molecular weight is 404 g/mol. The highest BCUT2D eigenvalue weighted by Gasteiger charge is 2.30. The Kier molecular flexibility index (Phi) is 5.82. The van der Waals surface area contributed by atoms with Gasteiger partial charge in [-0.25, -0.2) is 0 Å². The molecule has 0 saturated carbocycles. The summed E-state index contributed by atoms with van der Waals surface area (Å²) in [5, 5.41) is 0.186. The maximum Gasteiger partial charge on any atom is 0.417 e. The molecule has 4 nitrogen and oxygen atoms in total. The Labute approximate surface area is 144 Å². The molecule has 1 heterocycles. The van der Waals surface area contributed by atoms with E-state index in [1.165, 1.54) is 13.2 Å². The molecule has 0 fully saturated rings. The Morgan fingerprint density at radius 3 is 2.50 bits per heavy atom. The standard InChI is InChI=1S/C16H13BrF3NO3/c1-23-15-6-10(13(22)7-17)2-5-14(15)24-9-12-4-3-11(8-21-12)16(18,19)20/h2-6,8H,7,9H2,1H3. The van der Waals surface area contributed by atoms with E-state index >= 15 is 0 Å². The largest absolute Gasteiger partial charge is 0.493 e. The highest BCUT2D eigenvalue weighted by Crippen LogP contribution is 2.30. The Bertz CT molecular complexity index is 717. The monoisotopic (exact) mass is 403 g/mol. The van der Waals surface area contributed by atoms with Gasteiger partial charge in [-0.15, -0.1) is 0 Å². The zero-order chi connectivity index (χ0) is 17.7. The molecule has 1 aromatic heterocycles. The summed E-state index contributed by atoms with van der Waals surface area (Å²) < 4.78 is 48.1. The maximum atomic E-state index is 12.5. The number of benzene rings is 1. The average Bonchev–Trinajstić information content (AvgIpc) is 2.58. The molecule has 24 heavy (non-hydrogen) atoms. The van der Waals surface area contributed by atoms with Gasteiger partial charge in [-0.2, -0.15) is 13.2 Å². The van der Waals surface area contributed by atoms with Crippen LogP contribution < -0.4 is 9.47 Å². The smallest absolute Gasteiger partial charge is 0.417 e. The number of aromatic nitrogens is 1. The normalized spacial score (nSPS) is 11.2. The lowest BCUT2D eigenvalue weighted by Gasteiger charge is -2.12. The second kappa shape index (κ2) is 7.65. The third-order valence-corrected chi connectivity index (χ3v) is 3.64. The molecule has 0 aliphatic rings. The van der Waals surface area contributed by atoms with Crippen molar-refractivity contribution in [2.24, 2.45) is 0 Å². The van der Waals surface area contributed by atoms with Crippen LogP contribution in [0.2, 0.25) is 0 Å². The van der Waals surface area contributed by atoms with E-state index in [0.29, 0.717) is 22.8 Å². The molecule has 0 saturated heterocycles. The topological polar surface area (TPSA) is 48.4 Å². The van der Waals surface area contributed by atoms with Gasteiger partial charge in [0, 0.05) is 11.8 Å². The van der Waals surface area contributed by atoms with E-state index in [4.69, 9.17) is 9.47 Å². The molecule has 0 radical (unpaired) electrons. The molecule has 0 amide bonds. The van der Waals surface area contributed by atoms with Crippen LogP contribution in [0.1, 0.15) is 21.6 Å². The first kappa shape index (κ1) is 18.3. The lowest BCUT2D eigenvalue weighted by Crippen LogP contribution is -2.07. The Morgan fingerprint density at radius 2 is 1.96 bits per heavy atom. The highest BCUT2D eigenvalue weighted by molar-refractivity contribution is 9.09. The summed E-state index contributed by atoms with van der Waals surface area (Å²) in [7, 11) is 1.43. The molecule has 0 atom stereocenters. The van der Waals surface area contributed by atoms with Crippen LogP contribution in [0.3, 0.4) is 0 Å². The van der Waals surface area contributed by atoms with Crippen molar-refractivity contribution in [2.45, 2.75) is 12.8 Å². The molecule has 1 aromatic carbocycles. The number of Topliss-reactive ketones (excluding diaryl/α,β-unsaturated/α-hetero) is 1. The molecule has 0 unspecified atom stereocenters. The number of hydrogen-bond donors (Lipinski definition) is 0. The third-order valence-electron chi connectivity index (χ3n) is 3.13. The number of ketones is 1. The third kappa shape index (κ3) is 4.47. The fourth-order valence-corrected chi connectivity index (χ4v) is 2.19. The molecule has 0 bridgehead atoms. The number of pyridine rings is 1. The van der Waals surface area contributed by atoms with Crippen molar-refractivity contribution in [1.29, 1.82) is 0 Å². The lowest BCUT2D eigenvalue weighted by atomic mass is 10.1. The van der Waals surface area contributed by atoms with Gasteiger partial charge in [0.1, 0.15) is 6.61 Å². The van der Waals surface area contributed by atoms with Gasteiger partial charge in [0.05, 0.1) is 23.7 Å². The Balaban J connectivity index is 2.10. The summed E-state index contributed by atoms with van der Waals surface area (Å²) in [5.74, 6) is 0.614. The number of halogens is 4. The van der Waals surface area contributed by atoms with Gasteiger partial charge in [0.25, 0.3) is 0 Å². The second-order valence-electron chi connectivity index (χ2n) is 4.75. The highest BCUT2D eigenvalue weighted by atomic mass is 79.9. The first-order valence-electron chi connectivity index (χ1n) is 6.77. The molecule has 0 aliphatic carbocycles. The summed E-state index contributed by atoms with van der Waals surface area (Å²) >= 11 is 3.09. The molecule has 8 heteroatoms. The maximum absolute atomic E-state index is 12.5. The second-order valence-corrected chi connectivity index (χ2v) is 5.31. The number of nitrogens with zero attached hydrogens (tertiary/aromatic N) is 1. The van der Waals surface area contributed by atoms with Gasteiger partial charge >= 0.3 is 6.18 Å². The summed E-state index contributed by atoms with van der Waals surface area (Å²) in [5.41, 5.74) is -0.0177. The number of carbonyl (C=O) groups is 1. The molecule has 2 rings (SSSR count). The number of carbonyl (C=O) groups excluding carboxylic acids is 1. The molecule has 128 valence electrons. The van der Waals surface area contributed by atoms with E-state index in [-0.39, 0.29) is 17.7 Å². The number of hydrogen-bond acceptors (Lipinski definition) is 4. The van der Waals surface area contributed by atoms with Gasteiger partial charge in [-0.3, -0.25) is 9.78 Å². The van der Waals surface area contributed by atoms with Gasteiger partial charge in [-0.05, 0) is 30.3 Å². The first-order valence-corrected chi connectivity index (χ1v) is 7.89. The Morgan fingerprint density at radius 1 is 1.21 bits per heavy atom. The van der Waals surface area contributed by atoms with Gasteiger partial charge < -0.3 is 9.47 Å². The minimum absolute atomic E-state index is 0.0275. The number of rotatable bonds is 6. The van der Waals surface area contributed by atoms with Crippen molar-refractivity contribution >= 4 is 21.7 Å². The van der Waals surface area contributed by atoms with Crippen LogP contribution in [-0.2, 0) is 12.8 Å². The quantitative estimate of drug-likeness (QED) is 0.533. The summed E-state index contributed by atoms with van der Waals surface area (Å²) in [6.07, 6.45) is -3.67. The van der Waals surface area contributed by atoms with Crippen molar-refractivity contribution < 1.29 is 27.4 Å². The van der Waals surface area contributed by atoms with Crippen molar-refractivity contribution in [3.05, 3.63) is 53.3 Å². The van der Waals surface area contributed by atoms with Crippen molar-refractivity contribution in [1.82, 2.24) is 4.98 Å². The molecular weight excluding hydrogens is 391 g/mol. The molecule has 0 aliphatic heterocycles. The van der Waals surface area contributed by atoms with Crippen molar-refractivity contribution in [2.75, 3.05) is 12.4 Å². The number of ether oxygens (including phenoxy) is 2. The van der Waals surface area contributed by atoms with Gasteiger partial charge in [-0.1, -0.05) is 15.9 Å². The lowest BCUT2D eigenvalue weighted by molar-refractivity contribution is -0.137. The van der Waals surface area contributed by atoms with E-state index in [0.717, 1.165) is 12.3 Å². The predicted octanol–water partition coefficient (Wildman–Crippen LogP) is 4.27. The van der Waals surface area contributed by atoms with E-state index in [9.17, 15) is 18.0 Å². The van der Waals surface area contributed by atoms with Crippen LogP contribution in [0.4, 0.5) is 13.2 Å². The first-order chi connectivity index (χ1) is 11.3. The van der Waals surface area contributed by atoms with Crippen LogP contribution >= 0.6 is 15.9 Å². The van der Waals surface area contributed by atoms with E-state index in [1.54, 1.807) is 18.2 Å². The zero-order valence-corrected chi connectivity index (χ0v) is 14.1. The van der Waals surface area contributed by atoms with Gasteiger partial charge in [0.2, 0.25) is 0 Å². The number of alkyl halides is 4. The SMILES string of the molecule is COc1cc(C(=O)CBr)ccc1OCc1ccc(C(F)(F)F)cn1. The molecule has 0 spiro atoms. The van der Waals surface area contributed by atoms with Crippen LogP contribution in [0.15, 0.2) is 36.5 Å². The van der Waals surface area contributed by atoms with Gasteiger partial charge in [0.15, 0.2) is 17.3 Å². The summed E-state index contributed by atoms with van der Waals surface area (Å²) in [6, 6.07) is 6.89. The van der Waals surface area contributed by atoms with Crippen LogP contribution in [0.5, 0.6) is 11.5 Å². The minimum atomic E-state index is -4.42. The summed E-state index contributed by atoms with van der Waals surface area (Å²) in [4.78, 5) is 15.4. The molecular formula is C16H13BrF3NO3. The van der Waals surface area contributed by atoms with Crippen molar-refractivity contribution in [3.8, 4) is 11.5 Å². The van der Waals surface area contributed by atoms with Crippen LogP contribution in [0.25, 0.3) is 0 Å².